The normalized spacial score (nSPS) is 27.7. The van der Waals surface area contributed by atoms with Gasteiger partial charge in [-0.15, -0.1) is 16.9 Å². The molecule has 0 radical (unpaired) electrons. The number of carboxylic acids is 1. The van der Waals surface area contributed by atoms with Crippen molar-refractivity contribution in [2.75, 3.05) is 0 Å². The van der Waals surface area contributed by atoms with E-state index in [0.29, 0.717) is 5.69 Å². The molecule has 9 heteroatoms. The van der Waals surface area contributed by atoms with E-state index in [2.05, 4.69) is 15.3 Å². The Kier molecular flexibility index (Phi) is 3.17. The first-order valence-electron chi connectivity index (χ1n) is 7.45. The third-order valence-electron chi connectivity index (χ3n) is 4.42. The molecule has 4 rings (SSSR count). The minimum absolute atomic E-state index is 0.225. The molecule has 0 bridgehead atoms. The van der Waals surface area contributed by atoms with Gasteiger partial charge in [0.25, 0.3) is 5.91 Å². The van der Waals surface area contributed by atoms with Crippen molar-refractivity contribution in [2.24, 2.45) is 0 Å². The van der Waals surface area contributed by atoms with Gasteiger partial charge >= 0.3 is 5.97 Å². The molecule has 0 unspecified atom stereocenters. The molecular formula is C15H15N5O3S. The molecule has 2 aliphatic heterocycles. The number of thioether (sulfide) groups is 1. The van der Waals surface area contributed by atoms with Gasteiger partial charge in [0.1, 0.15) is 17.1 Å². The molecule has 124 valence electrons. The van der Waals surface area contributed by atoms with E-state index < -0.39 is 22.8 Å². The lowest BCUT2D eigenvalue weighted by Crippen LogP contribution is -2.62. The summed E-state index contributed by atoms with van der Waals surface area (Å²) >= 11 is 1.49. The van der Waals surface area contributed by atoms with E-state index in [1.165, 1.54) is 21.3 Å². The van der Waals surface area contributed by atoms with Crippen molar-refractivity contribution in [1.82, 2.24) is 24.9 Å². The molecule has 4 heterocycles. The second-order valence-electron chi connectivity index (χ2n) is 6.36. The van der Waals surface area contributed by atoms with Crippen molar-refractivity contribution >= 4 is 23.6 Å². The number of fused-ring (bicyclic) bond motifs is 1. The van der Waals surface area contributed by atoms with Crippen LogP contribution in [0.15, 0.2) is 30.7 Å². The Hall–Kier alpha value is -2.42. The topological polar surface area (TPSA) is 101 Å². The van der Waals surface area contributed by atoms with Gasteiger partial charge in [-0.3, -0.25) is 9.78 Å². The number of hydrogen-bond acceptors (Lipinski definition) is 6. The molecule has 8 nitrogen and oxygen atoms in total. The van der Waals surface area contributed by atoms with Crippen molar-refractivity contribution in [3.63, 3.8) is 0 Å². The average Bonchev–Trinajstić information content (AvgIpc) is 3.10. The molecule has 24 heavy (non-hydrogen) atoms. The van der Waals surface area contributed by atoms with Crippen LogP contribution < -0.4 is 0 Å². The van der Waals surface area contributed by atoms with Gasteiger partial charge in [0.2, 0.25) is 0 Å². The van der Waals surface area contributed by atoms with Crippen LogP contribution >= 0.6 is 11.8 Å². The molecule has 0 aliphatic carbocycles. The van der Waals surface area contributed by atoms with Crippen LogP contribution in [0, 0.1) is 0 Å². The average molecular weight is 345 g/mol. The van der Waals surface area contributed by atoms with Gasteiger partial charge in [0, 0.05) is 22.7 Å². The Morgan fingerprint density at radius 1 is 1.33 bits per heavy atom. The predicted octanol–water partition coefficient (Wildman–Crippen LogP) is 1.03. The Balaban J connectivity index is 1.63. The third kappa shape index (κ3) is 2.04. The summed E-state index contributed by atoms with van der Waals surface area (Å²) < 4.78 is 0.988. The predicted molar refractivity (Wildman–Crippen MR) is 86.0 cm³/mol. The van der Waals surface area contributed by atoms with Crippen molar-refractivity contribution in [3.8, 4) is 11.3 Å². The number of carbonyl (C=O) groups is 2. The summed E-state index contributed by atoms with van der Waals surface area (Å²) in [5.41, 5.74) is 1.52. The zero-order valence-corrected chi connectivity index (χ0v) is 13.8. The van der Waals surface area contributed by atoms with Crippen molar-refractivity contribution in [1.29, 1.82) is 0 Å². The fourth-order valence-corrected chi connectivity index (χ4v) is 4.98. The summed E-state index contributed by atoms with van der Waals surface area (Å²) in [5.74, 6) is -1.20. The van der Waals surface area contributed by atoms with Gasteiger partial charge in [0.15, 0.2) is 6.04 Å². The molecule has 0 saturated carbocycles. The fraction of sp³-hybridized carbons (Fsp3) is 0.400. The number of hydrogen-bond donors (Lipinski definition) is 1. The molecule has 0 spiro atoms. The monoisotopic (exact) mass is 345 g/mol. The smallest absolute Gasteiger partial charge is 0.327 e. The Bertz CT molecular complexity index is 822. The van der Waals surface area contributed by atoms with Crippen LogP contribution in [0.1, 0.15) is 19.9 Å². The molecule has 2 fully saturated rings. The highest BCUT2D eigenvalue weighted by Gasteiger charge is 2.64. The molecule has 3 atom stereocenters. The number of carbonyl (C=O) groups excluding carboxylic acids is 1. The van der Waals surface area contributed by atoms with Crippen LogP contribution in [0.25, 0.3) is 11.3 Å². The summed E-state index contributed by atoms with van der Waals surface area (Å²) in [4.78, 5) is 29.5. The number of pyridine rings is 1. The van der Waals surface area contributed by atoms with E-state index in [-0.39, 0.29) is 11.3 Å². The van der Waals surface area contributed by atoms with Gasteiger partial charge in [-0.05, 0) is 26.0 Å². The molecule has 0 aromatic carbocycles. The second kappa shape index (κ2) is 5.04. The second-order valence-corrected chi connectivity index (χ2v) is 8.13. The Morgan fingerprint density at radius 3 is 2.71 bits per heavy atom. The minimum Gasteiger partial charge on any atom is -0.480 e. The van der Waals surface area contributed by atoms with Crippen LogP contribution in [0.2, 0.25) is 0 Å². The highest BCUT2D eigenvalue weighted by atomic mass is 32.2. The third-order valence-corrected chi connectivity index (χ3v) is 5.98. The lowest BCUT2D eigenvalue weighted by molar-refractivity contribution is -0.162. The summed E-state index contributed by atoms with van der Waals surface area (Å²) in [6.07, 6.45) is 5.05. The van der Waals surface area contributed by atoms with Crippen LogP contribution in [-0.4, -0.2) is 58.0 Å². The first kappa shape index (κ1) is 15.1. The zero-order valence-electron chi connectivity index (χ0n) is 13.0. The molecular weight excluding hydrogens is 330 g/mol. The van der Waals surface area contributed by atoms with E-state index >= 15 is 0 Å². The molecule has 2 aromatic rings. The van der Waals surface area contributed by atoms with Crippen LogP contribution in [0.4, 0.5) is 0 Å². The standard InChI is InChI=1S/C15H15N5O3S/c1-15(2)11(14(22)23)20-12(21)10(13(20)24-15)19-7-9(17-18-19)8-3-5-16-6-4-8/h3-7,10-11,13H,1-2H3,(H,22,23)/t10-,11+,13-/m1/s1. The maximum Gasteiger partial charge on any atom is 0.327 e. The van der Waals surface area contributed by atoms with Crippen LogP contribution in [0.3, 0.4) is 0 Å². The number of aliphatic carboxylic acids is 1. The van der Waals surface area contributed by atoms with Crippen molar-refractivity contribution in [2.45, 2.75) is 36.1 Å². The summed E-state index contributed by atoms with van der Waals surface area (Å²) in [7, 11) is 0. The summed E-state index contributed by atoms with van der Waals surface area (Å²) in [6, 6.07) is 2.30. The molecule has 1 N–H and O–H groups in total. The lowest BCUT2D eigenvalue weighted by Gasteiger charge is -2.42. The number of amides is 1. The highest BCUT2D eigenvalue weighted by Crippen LogP contribution is 2.54. The zero-order chi connectivity index (χ0) is 17.1. The first-order chi connectivity index (χ1) is 11.4. The van der Waals surface area contributed by atoms with Gasteiger partial charge in [-0.25, -0.2) is 9.48 Å². The summed E-state index contributed by atoms with van der Waals surface area (Å²) in [6.45, 7) is 3.70. The number of rotatable bonds is 3. The van der Waals surface area contributed by atoms with Gasteiger partial charge < -0.3 is 10.0 Å². The van der Waals surface area contributed by atoms with E-state index in [1.54, 1.807) is 18.6 Å². The van der Waals surface area contributed by atoms with Gasteiger partial charge in [-0.2, -0.15) is 0 Å². The molecule has 2 aliphatic rings. The summed E-state index contributed by atoms with van der Waals surface area (Å²) in [5, 5.41) is 17.4. The lowest BCUT2D eigenvalue weighted by atomic mass is 9.96. The van der Waals surface area contributed by atoms with Crippen molar-refractivity contribution < 1.29 is 14.7 Å². The minimum atomic E-state index is -0.974. The molecule has 1 amide bonds. The van der Waals surface area contributed by atoms with Crippen LogP contribution in [0.5, 0.6) is 0 Å². The first-order valence-corrected chi connectivity index (χ1v) is 8.33. The highest BCUT2D eigenvalue weighted by molar-refractivity contribution is 8.01. The van der Waals surface area contributed by atoms with E-state index in [4.69, 9.17) is 0 Å². The van der Waals surface area contributed by atoms with Gasteiger partial charge in [0.05, 0.1) is 6.20 Å². The van der Waals surface area contributed by atoms with E-state index in [1.807, 2.05) is 26.0 Å². The van der Waals surface area contributed by atoms with E-state index in [9.17, 15) is 14.7 Å². The van der Waals surface area contributed by atoms with Crippen LogP contribution in [-0.2, 0) is 9.59 Å². The Labute approximate surface area is 141 Å². The van der Waals surface area contributed by atoms with Crippen molar-refractivity contribution in [3.05, 3.63) is 30.7 Å². The van der Waals surface area contributed by atoms with Gasteiger partial charge in [-0.1, -0.05) is 5.21 Å². The number of carboxylic acid groups (broad SMARTS) is 1. The number of β-lactam (4-membered cyclic amide) rings is 1. The maximum atomic E-state index is 12.5. The van der Waals surface area contributed by atoms with E-state index in [0.717, 1.165) is 5.56 Å². The number of aromatic nitrogens is 4. The molecule has 2 aromatic heterocycles. The SMILES string of the molecule is CC1(C)S[C@@H]2[C@H](n3cc(-c4ccncc4)nn3)C(=O)N2[C@H]1C(=O)O. The number of nitrogens with zero attached hydrogens (tertiary/aromatic N) is 5. The quantitative estimate of drug-likeness (QED) is 0.829. The largest absolute Gasteiger partial charge is 0.480 e. The fourth-order valence-electron chi connectivity index (χ4n) is 3.30. The molecule has 2 saturated heterocycles. The maximum absolute atomic E-state index is 12.5. The Morgan fingerprint density at radius 2 is 2.04 bits per heavy atom.